The summed E-state index contributed by atoms with van der Waals surface area (Å²) in [5.41, 5.74) is 7.57. The summed E-state index contributed by atoms with van der Waals surface area (Å²) in [6, 6.07) is 7.84. The first-order valence-electron chi connectivity index (χ1n) is 3.01. The lowest BCUT2D eigenvalue weighted by atomic mass is 10.2. The summed E-state index contributed by atoms with van der Waals surface area (Å²) in [5.74, 6) is 0. The molecule has 0 spiro atoms. The maximum absolute atomic E-state index is 5.50. The van der Waals surface area contributed by atoms with Crippen molar-refractivity contribution in [1.29, 1.82) is 0 Å². The summed E-state index contributed by atoms with van der Waals surface area (Å²) in [7, 11) is 0. The van der Waals surface area contributed by atoms with Crippen LogP contribution in [0, 0.1) is 0 Å². The van der Waals surface area contributed by atoms with Gasteiger partial charge in [-0.2, -0.15) is 0 Å². The highest BCUT2D eigenvalue weighted by atomic mass is 127. The Hall–Kier alpha value is -0.290. The van der Waals surface area contributed by atoms with Crippen LogP contribution in [0.5, 0.6) is 0 Å². The largest absolute Gasteiger partial charge is 0.399 e. The Labute approximate surface area is 74.3 Å². The molecule has 2 nitrogen and oxygen atoms in total. The molecule has 0 heterocycles. The van der Waals surface area contributed by atoms with Crippen molar-refractivity contribution < 1.29 is 0 Å². The van der Waals surface area contributed by atoms with Gasteiger partial charge in [0.2, 0.25) is 0 Å². The minimum Gasteiger partial charge on any atom is -0.399 e. The smallest absolute Gasteiger partial charge is 0.0314 e. The van der Waals surface area contributed by atoms with Crippen LogP contribution in [-0.4, -0.2) is 0 Å². The fraction of sp³-hybridized carbons (Fsp3) is 0.143. The van der Waals surface area contributed by atoms with Crippen LogP contribution in [0.25, 0.3) is 0 Å². The van der Waals surface area contributed by atoms with Crippen LogP contribution < -0.4 is 9.26 Å². The normalized spacial score (nSPS) is 9.70. The van der Waals surface area contributed by atoms with Crippen molar-refractivity contribution in [2.45, 2.75) is 6.54 Å². The van der Waals surface area contributed by atoms with Crippen LogP contribution >= 0.6 is 22.9 Å². The van der Waals surface area contributed by atoms with E-state index in [1.807, 2.05) is 24.3 Å². The molecular weight excluding hydrogens is 239 g/mol. The third-order valence-corrected chi connectivity index (χ3v) is 1.63. The second kappa shape index (κ2) is 3.78. The van der Waals surface area contributed by atoms with Crippen LogP contribution in [0.1, 0.15) is 5.56 Å². The number of nitrogens with two attached hydrogens (primary N) is 1. The number of nitrogen functional groups attached to an aromatic ring is 1. The van der Waals surface area contributed by atoms with Crippen LogP contribution in [0.2, 0.25) is 0 Å². The summed E-state index contributed by atoms with van der Waals surface area (Å²) in [4.78, 5) is 0. The Bertz CT molecular complexity index is 195. The highest BCUT2D eigenvalue weighted by Gasteiger charge is 1.88. The topological polar surface area (TPSA) is 38.0 Å². The van der Waals surface area contributed by atoms with E-state index in [-0.39, 0.29) is 0 Å². The molecule has 54 valence electrons. The van der Waals surface area contributed by atoms with E-state index in [2.05, 4.69) is 26.4 Å². The van der Waals surface area contributed by atoms with Gasteiger partial charge >= 0.3 is 0 Å². The van der Waals surface area contributed by atoms with E-state index in [0.717, 1.165) is 12.2 Å². The molecule has 0 bridgehead atoms. The number of nitrogens with one attached hydrogen (secondary N) is 1. The molecular formula is C7H9IN2. The number of anilines is 1. The number of benzene rings is 1. The van der Waals surface area contributed by atoms with Gasteiger partial charge in [0.1, 0.15) is 0 Å². The minimum absolute atomic E-state index is 0.817. The van der Waals surface area contributed by atoms with Gasteiger partial charge in [-0.05, 0) is 17.7 Å². The van der Waals surface area contributed by atoms with E-state index >= 15 is 0 Å². The summed E-state index contributed by atoms with van der Waals surface area (Å²) in [5, 5.41) is 0. The van der Waals surface area contributed by atoms with Crippen molar-refractivity contribution in [3.8, 4) is 0 Å². The lowest BCUT2D eigenvalue weighted by Crippen LogP contribution is -1.96. The van der Waals surface area contributed by atoms with Gasteiger partial charge in [-0.3, -0.25) is 3.53 Å². The van der Waals surface area contributed by atoms with Crippen molar-refractivity contribution in [1.82, 2.24) is 3.53 Å². The second-order valence-electron chi connectivity index (χ2n) is 2.05. The Morgan fingerprint density at radius 3 is 2.40 bits per heavy atom. The number of hydrogen-bond donors (Lipinski definition) is 2. The van der Waals surface area contributed by atoms with E-state index in [1.165, 1.54) is 5.56 Å². The molecule has 1 rings (SSSR count). The molecule has 0 aromatic heterocycles. The molecule has 0 aliphatic rings. The monoisotopic (exact) mass is 248 g/mol. The van der Waals surface area contributed by atoms with E-state index < -0.39 is 0 Å². The lowest BCUT2D eigenvalue weighted by Gasteiger charge is -1.97. The van der Waals surface area contributed by atoms with Crippen LogP contribution in [0.3, 0.4) is 0 Å². The predicted octanol–water partition coefficient (Wildman–Crippen LogP) is 1.71. The summed E-state index contributed by atoms with van der Waals surface area (Å²) in [6.45, 7) is 0.890. The highest BCUT2D eigenvalue weighted by molar-refractivity contribution is 14.1. The van der Waals surface area contributed by atoms with Gasteiger partial charge in [0.05, 0.1) is 0 Å². The first kappa shape index (κ1) is 7.81. The van der Waals surface area contributed by atoms with Crippen LogP contribution in [0.15, 0.2) is 24.3 Å². The Morgan fingerprint density at radius 2 is 1.90 bits per heavy atom. The summed E-state index contributed by atoms with van der Waals surface area (Å²) < 4.78 is 3.03. The zero-order valence-corrected chi connectivity index (χ0v) is 7.63. The van der Waals surface area contributed by atoms with E-state index in [4.69, 9.17) is 5.73 Å². The standard InChI is InChI=1S/C7H9IN2/c8-10-5-6-1-3-7(9)4-2-6/h1-4,10H,5,9H2. The molecule has 10 heavy (non-hydrogen) atoms. The molecule has 0 radical (unpaired) electrons. The first-order chi connectivity index (χ1) is 4.83. The molecule has 0 amide bonds. The number of hydrogen-bond acceptors (Lipinski definition) is 2. The molecule has 3 N–H and O–H groups in total. The Balaban J connectivity index is 2.69. The highest BCUT2D eigenvalue weighted by Crippen LogP contribution is 2.04. The van der Waals surface area contributed by atoms with Crippen LogP contribution in [-0.2, 0) is 6.54 Å². The first-order valence-corrected chi connectivity index (χ1v) is 4.08. The fourth-order valence-electron chi connectivity index (χ4n) is 0.713. The van der Waals surface area contributed by atoms with Gasteiger partial charge in [0, 0.05) is 35.1 Å². The molecule has 0 saturated carbocycles. The molecule has 1 aromatic rings. The number of rotatable bonds is 2. The minimum atomic E-state index is 0.817. The van der Waals surface area contributed by atoms with Crippen molar-refractivity contribution >= 4 is 28.6 Å². The molecule has 1 aromatic carbocycles. The predicted molar refractivity (Wildman–Crippen MR) is 51.7 cm³/mol. The zero-order valence-electron chi connectivity index (χ0n) is 5.47. The third-order valence-electron chi connectivity index (χ3n) is 1.25. The van der Waals surface area contributed by atoms with E-state index in [0.29, 0.717) is 0 Å². The van der Waals surface area contributed by atoms with Crippen molar-refractivity contribution in [2.24, 2.45) is 0 Å². The van der Waals surface area contributed by atoms with Gasteiger partial charge in [0.15, 0.2) is 0 Å². The van der Waals surface area contributed by atoms with Gasteiger partial charge in [-0.15, -0.1) is 0 Å². The quantitative estimate of drug-likeness (QED) is 0.475. The Morgan fingerprint density at radius 1 is 1.30 bits per heavy atom. The average molecular weight is 248 g/mol. The molecule has 0 aliphatic heterocycles. The molecule has 0 aliphatic carbocycles. The van der Waals surface area contributed by atoms with E-state index in [9.17, 15) is 0 Å². The third kappa shape index (κ3) is 2.15. The number of halogens is 1. The fourth-order valence-corrected chi connectivity index (χ4v) is 1.15. The van der Waals surface area contributed by atoms with Gasteiger partial charge in [0.25, 0.3) is 0 Å². The molecule has 3 heteroatoms. The van der Waals surface area contributed by atoms with Crippen molar-refractivity contribution in [3.63, 3.8) is 0 Å². The van der Waals surface area contributed by atoms with Gasteiger partial charge < -0.3 is 5.73 Å². The van der Waals surface area contributed by atoms with Gasteiger partial charge in [-0.1, -0.05) is 12.1 Å². The molecule has 0 atom stereocenters. The zero-order chi connectivity index (χ0) is 7.40. The Kier molecular flexibility index (Phi) is 2.95. The van der Waals surface area contributed by atoms with Gasteiger partial charge in [-0.25, -0.2) is 0 Å². The van der Waals surface area contributed by atoms with E-state index in [1.54, 1.807) is 0 Å². The SMILES string of the molecule is Nc1ccc(CNI)cc1. The second-order valence-corrected chi connectivity index (χ2v) is 2.81. The van der Waals surface area contributed by atoms with Crippen LogP contribution in [0.4, 0.5) is 5.69 Å². The maximum Gasteiger partial charge on any atom is 0.0314 e. The maximum atomic E-state index is 5.50. The average Bonchev–Trinajstić information content (AvgIpc) is 1.95. The summed E-state index contributed by atoms with van der Waals surface area (Å²) >= 11 is 2.12. The lowest BCUT2D eigenvalue weighted by molar-refractivity contribution is 1.01. The molecule has 0 unspecified atom stereocenters. The van der Waals surface area contributed by atoms with Crippen molar-refractivity contribution in [2.75, 3.05) is 5.73 Å². The van der Waals surface area contributed by atoms with Crippen molar-refractivity contribution in [3.05, 3.63) is 29.8 Å². The molecule has 0 fully saturated rings. The molecule has 0 saturated heterocycles. The summed E-state index contributed by atoms with van der Waals surface area (Å²) in [6.07, 6.45) is 0.